The van der Waals surface area contributed by atoms with Gasteiger partial charge in [-0.15, -0.1) is 0 Å². The molecule has 6 heteroatoms. The Balaban J connectivity index is 1.24. The number of anilines is 1. The number of ether oxygens (including phenoxy) is 1. The van der Waals surface area contributed by atoms with Crippen LogP contribution in [0.2, 0.25) is 0 Å². The standard InChI is InChI=1S/C26H27FN2O3/c27-22-9-11-23(12-10-22)29-15-13-28(14-16-29)18-24(30)19-32-25-8-4-7-21(17-25)26(31)20-5-2-1-3-6-20/h1-12,17,24,30H,13-16,18-19H2/t24-/m1/s1. The first-order chi connectivity index (χ1) is 15.6. The third-order valence-corrected chi connectivity index (χ3v) is 5.61. The van der Waals surface area contributed by atoms with Gasteiger partial charge in [-0.1, -0.05) is 42.5 Å². The van der Waals surface area contributed by atoms with Crippen LogP contribution in [0, 0.1) is 5.82 Å². The molecule has 0 unspecified atom stereocenters. The number of aliphatic hydroxyl groups is 1. The molecule has 1 atom stereocenters. The molecule has 0 spiro atoms. The molecular formula is C26H27FN2O3. The number of carbonyl (C=O) groups is 1. The van der Waals surface area contributed by atoms with Gasteiger partial charge in [-0.05, 0) is 36.4 Å². The van der Waals surface area contributed by atoms with Crippen molar-refractivity contribution in [2.24, 2.45) is 0 Å². The minimum atomic E-state index is -0.638. The predicted molar refractivity (Wildman–Crippen MR) is 123 cm³/mol. The van der Waals surface area contributed by atoms with Crippen LogP contribution in [-0.2, 0) is 0 Å². The van der Waals surface area contributed by atoms with Crippen LogP contribution in [0.5, 0.6) is 5.75 Å². The number of nitrogens with zero attached hydrogens (tertiary/aromatic N) is 2. The van der Waals surface area contributed by atoms with E-state index in [2.05, 4.69) is 9.80 Å². The van der Waals surface area contributed by atoms with E-state index in [0.29, 0.717) is 23.4 Å². The maximum atomic E-state index is 13.1. The van der Waals surface area contributed by atoms with Crippen molar-refractivity contribution in [1.29, 1.82) is 0 Å². The van der Waals surface area contributed by atoms with Crippen LogP contribution in [0.3, 0.4) is 0 Å². The minimum Gasteiger partial charge on any atom is -0.491 e. The van der Waals surface area contributed by atoms with Gasteiger partial charge in [-0.2, -0.15) is 0 Å². The van der Waals surface area contributed by atoms with E-state index in [1.165, 1.54) is 12.1 Å². The number of halogens is 1. The zero-order chi connectivity index (χ0) is 22.3. The molecule has 1 saturated heterocycles. The van der Waals surface area contributed by atoms with Gasteiger partial charge in [-0.3, -0.25) is 9.69 Å². The third-order valence-electron chi connectivity index (χ3n) is 5.61. The summed E-state index contributed by atoms with van der Waals surface area (Å²) in [5.41, 5.74) is 2.20. The molecule has 5 nitrogen and oxygen atoms in total. The normalized spacial score (nSPS) is 15.4. The summed E-state index contributed by atoms with van der Waals surface area (Å²) in [7, 11) is 0. The first-order valence-electron chi connectivity index (χ1n) is 10.8. The van der Waals surface area contributed by atoms with Gasteiger partial charge in [0.1, 0.15) is 24.3 Å². The molecule has 3 aromatic rings. The molecule has 4 rings (SSSR count). The highest BCUT2D eigenvalue weighted by Gasteiger charge is 2.20. The monoisotopic (exact) mass is 434 g/mol. The zero-order valence-corrected chi connectivity index (χ0v) is 17.9. The Bertz CT molecular complexity index is 1020. The predicted octanol–water partition coefficient (Wildman–Crippen LogP) is 3.62. The van der Waals surface area contributed by atoms with Gasteiger partial charge in [0, 0.05) is 49.5 Å². The first-order valence-corrected chi connectivity index (χ1v) is 10.8. The highest BCUT2D eigenvalue weighted by molar-refractivity contribution is 6.09. The molecule has 0 amide bonds. The second kappa shape index (κ2) is 10.4. The van der Waals surface area contributed by atoms with Crippen molar-refractivity contribution in [2.75, 3.05) is 44.2 Å². The lowest BCUT2D eigenvalue weighted by Gasteiger charge is -2.36. The third kappa shape index (κ3) is 5.72. The van der Waals surface area contributed by atoms with Gasteiger partial charge in [0.2, 0.25) is 0 Å². The fourth-order valence-corrected chi connectivity index (χ4v) is 3.87. The lowest BCUT2D eigenvalue weighted by molar-refractivity contribution is 0.0663. The Hall–Kier alpha value is -3.22. The maximum absolute atomic E-state index is 13.1. The van der Waals surface area contributed by atoms with Gasteiger partial charge in [0.15, 0.2) is 5.78 Å². The van der Waals surface area contributed by atoms with Crippen molar-refractivity contribution >= 4 is 11.5 Å². The number of β-amino-alcohol motifs (C(OH)–C–C–N with tert-alkyl or cyclic N) is 1. The molecular weight excluding hydrogens is 407 g/mol. The maximum Gasteiger partial charge on any atom is 0.193 e. The second-order valence-electron chi connectivity index (χ2n) is 7.95. The van der Waals surface area contributed by atoms with E-state index >= 15 is 0 Å². The van der Waals surface area contributed by atoms with Gasteiger partial charge >= 0.3 is 0 Å². The molecule has 0 aromatic heterocycles. The van der Waals surface area contributed by atoms with E-state index in [0.717, 1.165) is 31.9 Å². The Morgan fingerprint density at radius 1 is 0.906 bits per heavy atom. The van der Waals surface area contributed by atoms with E-state index in [1.807, 2.05) is 18.2 Å². The smallest absolute Gasteiger partial charge is 0.193 e. The number of aliphatic hydroxyl groups excluding tert-OH is 1. The molecule has 0 radical (unpaired) electrons. The molecule has 0 saturated carbocycles. The molecule has 32 heavy (non-hydrogen) atoms. The largest absolute Gasteiger partial charge is 0.491 e. The summed E-state index contributed by atoms with van der Waals surface area (Å²) in [6, 6.07) is 22.7. The molecule has 3 aromatic carbocycles. The van der Waals surface area contributed by atoms with Crippen LogP contribution < -0.4 is 9.64 Å². The highest BCUT2D eigenvalue weighted by Crippen LogP contribution is 2.19. The van der Waals surface area contributed by atoms with E-state index in [4.69, 9.17) is 4.74 Å². The topological polar surface area (TPSA) is 53.0 Å². The lowest BCUT2D eigenvalue weighted by Crippen LogP contribution is -2.49. The van der Waals surface area contributed by atoms with Gasteiger partial charge in [0.05, 0.1) is 0 Å². The Morgan fingerprint density at radius 3 is 2.31 bits per heavy atom. The average Bonchev–Trinajstić information content (AvgIpc) is 2.84. The molecule has 1 heterocycles. The summed E-state index contributed by atoms with van der Waals surface area (Å²) < 4.78 is 18.9. The van der Waals surface area contributed by atoms with E-state index in [1.54, 1.807) is 48.5 Å². The number of ketones is 1. The summed E-state index contributed by atoms with van der Waals surface area (Å²) in [5, 5.41) is 10.4. The van der Waals surface area contributed by atoms with Crippen molar-refractivity contribution < 1.29 is 19.0 Å². The Labute approximate surface area is 187 Å². The summed E-state index contributed by atoms with van der Waals surface area (Å²) in [6.45, 7) is 3.94. The number of rotatable bonds is 8. The summed E-state index contributed by atoms with van der Waals surface area (Å²) in [6.07, 6.45) is -0.638. The van der Waals surface area contributed by atoms with Gasteiger partial charge in [0.25, 0.3) is 0 Å². The fourth-order valence-electron chi connectivity index (χ4n) is 3.87. The molecule has 1 aliphatic heterocycles. The van der Waals surface area contributed by atoms with Crippen LogP contribution >= 0.6 is 0 Å². The molecule has 0 aliphatic carbocycles. The summed E-state index contributed by atoms with van der Waals surface area (Å²) >= 11 is 0. The van der Waals surface area contributed by atoms with Crippen LogP contribution in [0.4, 0.5) is 10.1 Å². The van der Waals surface area contributed by atoms with Crippen molar-refractivity contribution in [2.45, 2.75) is 6.10 Å². The minimum absolute atomic E-state index is 0.0596. The van der Waals surface area contributed by atoms with Crippen LogP contribution in [0.15, 0.2) is 78.9 Å². The lowest BCUT2D eigenvalue weighted by atomic mass is 10.0. The van der Waals surface area contributed by atoms with Crippen molar-refractivity contribution in [3.8, 4) is 5.75 Å². The number of piperazine rings is 1. The highest BCUT2D eigenvalue weighted by atomic mass is 19.1. The molecule has 166 valence electrons. The number of hydrogen-bond donors (Lipinski definition) is 1. The molecule has 1 fully saturated rings. The summed E-state index contributed by atoms with van der Waals surface area (Å²) in [5.74, 6) is 0.271. The Kier molecular flexibility index (Phi) is 7.14. The summed E-state index contributed by atoms with van der Waals surface area (Å²) in [4.78, 5) is 17.0. The van der Waals surface area contributed by atoms with Gasteiger partial charge in [-0.25, -0.2) is 4.39 Å². The zero-order valence-electron chi connectivity index (χ0n) is 17.9. The Morgan fingerprint density at radius 2 is 1.59 bits per heavy atom. The molecule has 1 N–H and O–H groups in total. The second-order valence-corrected chi connectivity index (χ2v) is 7.95. The van der Waals surface area contributed by atoms with Crippen LogP contribution in [0.1, 0.15) is 15.9 Å². The number of hydrogen-bond acceptors (Lipinski definition) is 5. The SMILES string of the molecule is O=C(c1ccccc1)c1cccc(OC[C@H](O)CN2CCN(c3ccc(F)cc3)CC2)c1. The average molecular weight is 435 g/mol. The molecule has 1 aliphatic rings. The van der Waals surface area contributed by atoms with E-state index < -0.39 is 6.10 Å². The van der Waals surface area contributed by atoms with Crippen LogP contribution in [0.25, 0.3) is 0 Å². The van der Waals surface area contributed by atoms with E-state index in [9.17, 15) is 14.3 Å². The first kappa shape index (κ1) is 22.0. The van der Waals surface area contributed by atoms with Crippen molar-refractivity contribution in [3.05, 3.63) is 95.8 Å². The van der Waals surface area contributed by atoms with Crippen molar-refractivity contribution in [1.82, 2.24) is 4.90 Å². The number of benzene rings is 3. The van der Waals surface area contributed by atoms with Gasteiger partial charge < -0.3 is 14.7 Å². The van der Waals surface area contributed by atoms with E-state index in [-0.39, 0.29) is 18.2 Å². The fraction of sp³-hybridized carbons (Fsp3) is 0.269. The quantitative estimate of drug-likeness (QED) is 0.549. The number of carbonyl (C=O) groups excluding carboxylic acids is 1. The van der Waals surface area contributed by atoms with Crippen molar-refractivity contribution in [3.63, 3.8) is 0 Å². The van der Waals surface area contributed by atoms with Crippen LogP contribution in [-0.4, -0.2) is 61.2 Å². The molecule has 0 bridgehead atoms.